The Labute approximate surface area is 87.2 Å². The van der Waals surface area contributed by atoms with Gasteiger partial charge in [-0.25, -0.2) is 4.79 Å². The lowest BCUT2D eigenvalue weighted by Gasteiger charge is -2.00. The molecule has 0 bridgehead atoms. The van der Waals surface area contributed by atoms with Gasteiger partial charge in [0.05, 0.1) is 0 Å². The fraction of sp³-hybridized carbons (Fsp3) is 0.0909. The molecule has 0 fully saturated rings. The molecule has 4 heteroatoms. The maximum absolute atomic E-state index is 11.3. The first-order valence-corrected chi connectivity index (χ1v) is 4.36. The lowest BCUT2D eigenvalue weighted by molar-refractivity contribution is -0.131. The van der Waals surface area contributed by atoms with Crippen LogP contribution in [0.15, 0.2) is 30.3 Å². The third-order valence-electron chi connectivity index (χ3n) is 1.79. The van der Waals surface area contributed by atoms with Crippen LogP contribution in [-0.2, 0) is 4.79 Å². The highest BCUT2D eigenvalue weighted by atomic mass is 16.4. The molecule has 78 valence electrons. The van der Waals surface area contributed by atoms with Gasteiger partial charge in [0.1, 0.15) is 0 Å². The molecule has 1 aromatic rings. The highest BCUT2D eigenvalue weighted by Crippen LogP contribution is 2.06. The van der Waals surface area contributed by atoms with Crippen LogP contribution in [0.3, 0.4) is 0 Å². The van der Waals surface area contributed by atoms with Crippen LogP contribution < -0.4 is 5.32 Å². The molecule has 0 saturated heterocycles. The van der Waals surface area contributed by atoms with Gasteiger partial charge in [0.25, 0.3) is 5.91 Å². The first-order valence-electron chi connectivity index (χ1n) is 4.36. The number of aliphatic carboxylic acids is 1. The van der Waals surface area contributed by atoms with Crippen molar-refractivity contribution in [2.75, 3.05) is 7.05 Å². The average Bonchev–Trinajstić information content (AvgIpc) is 2.25. The maximum Gasteiger partial charge on any atom is 0.328 e. The van der Waals surface area contributed by atoms with Crippen LogP contribution in [0.2, 0.25) is 0 Å². The lowest BCUT2D eigenvalue weighted by atomic mass is 10.1. The second-order valence-electron chi connectivity index (χ2n) is 2.88. The summed E-state index contributed by atoms with van der Waals surface area (Å²) in [6.45, 7) is 0. The van der Waals surface area contributed by atoms with E-state index in [4.69, 9.17) is 5.11 Å². The van der Waals surface area contributed by atoms with E-state index in [1.165, 1.54) is 6.08 Å². The lowest BCUT2D eigenvalue weighted by Crippen LogP contribution is -2.17. The van der Waals surface area contributed by atoms with Crippen LogP contribution in [0.25, 0.3) is 6.08 Å². The number of rotatable bonds is 3. The summed E-state index contributed by atoms with van der Waals surface area (Å²) in [5, 5.41) is 10.9. The maximum atomic E-state index is 11.3. The van der Waals surface area contributed by atoms with Crippen LogP contribution in [0, 0.1) is 0 Å². The van der Waals surface area contributed by atoms with Crippen molar-refractivity contribution >= 4 is 18.0 Å². The van der Waals surface area contributed by atoms with Crippen molar-refractivity contribution in [2.24, 2.45) is 0 Å². The number of hydrogen-bond donors (Lipinski definition) is 2. The van der Waals surface area contributed by atoms with Gasteiger partial charge in [0.2, 0.25) is 0 Å². The van der Waals surface area contributed by atoms with Crippen molar-refractivity contribution in [3.05, 3.63) is 41.5 Å². The molecule has 0 atom stereocenters. The van der Waals surface area contributed by atoms with E-state index in [-0.39, 0.29) is 5.91 Å². The molecule has 0 aliphatic heterocycles. The number of carbonyl (C=O) groups excluding carboxylic acids is 1. The normalized spacial score (nSPS) is 10.2. The predicted octanol–water partition coefficient (Wildman–Crippen LogP) is 1.14. The number of nitrogens with one attached hydrogen (secondary N) is 1. The van der Waals surface area contributed by atoms with E-state index in [0.29, 0.717) is 11.1 Å². The Morgan fingerprint density at radius 2 is 2.13 bits per heavy atom. The van der Waals surface area contributed by atoms with Gasteiger partial charge in [0.15, 0.2) is 0 Å². The molecular formula is C11H11NO3. The summed E-state index contributed by atoms with van der Waals surface area (Å²) in [4.78, 5) is 21.5. The third kappa shape index (κ3) is 3.27. The minimum atomic E-state index is -1.01. The van der Waals surface area contributed by atoms with Gasteiger partial charge in [-0.3, -0.25) is 4.79 Å². The van der Waals surface area contributed by atoms with Crippen molar-refractivity contribution in [3.8, 4) is 0 Å². The Balaban J connectivity index is 2.92. The zero-order chi connectivity index (χ0) is 11.3. The van der Waals surface area contributed by atoms with Crippen LogP contribution in [0.5, 0.6) is 0 Å². The van der Waals surface area contributed by atoms with Crippen molar-refractivity contribution < 1.29 is 14.7 Å². The molecule has 4 nitrogen and oxygen atoms in total. The topological polar surface area (TPSA) is 66.4 Å². The molecule has 0 unspecified atom stereocenters. The van der Waals surface area contributed by atoms with E-state index in [1.807, 2.05) is 0 Å². The second kappa shape index (κ2) is 4.95. The fourth-order valence-corrected chi connectivity index (χ4v) is 1.10. The first-order chi connectivity index (χ1) is 7.13. The number of carboxylic acids is 1. The van der Waals surface area contributed by atoms with Gasteiger partial charge in [-0.1, -0.05) is 12.1 Å². The summed E-state index contributed by atoms with van der Waals surface area (Å²) in [6, 6.07) is 6.72. The van der Waals surface area contributed by atoms with Gasteiger partial charge in [-0.2, -0.15) is 0 Å². The highest BCUT2D eigenvalue weighted by Gasteiger charge is 2.01. The SMILES string of the molecule is CNC(=O)c1cccc(/C=C/C(=O)O)c1. The van der Waals surface area contributed by atoms with Crippen molar-refractivity contribution in [1.29, 1.82) is 0 Å². The largest absolute Gasteiger partial charge is 0.478 e. The zero-order valence-electron chi connectivity index (χ0n) is 8.23. The molecule has 0 spiro atoms. The molecule has 0 saturated carbocycles. The van der Waals surface area contributed by atoms with Crippen molar-refractivity contribution in [2.45, 2.75) is 0 Å². The van der Waals surface area contributed by atoms with Gasteiger partial charge in [-0.05, 0) is 23.8 Å². The van der Waals surface area contributed by atoms with Crippen molar-refractivity contribution in [1.82, 2.24) is 5.32 Å². The fourth-order valence-electron chi connectivity index (χ4n) is 1.10. The minimum Gasteiger partial charge on any atom is -0.478 e. The first kappa shape index (κ1) is 11.0. The Morgan fingerprint density at radius 1 is 1.40 bits per heavy atom. The molecule has 1 amide bonds. The van der Waals surface area contributed by atoms with Crippen molar-refractivity contribution in [3.63, 3.8) is 0 Å². The Kier molecular flexibility index (Phi) is 3.62. The second-order valence-corrected chi connectivity index (χ2v) is 2.88. The quantitative estimate of drug-likeness (QED) is 0.727. The van der Waals surface area contributed by atoms with E-state index in [0.717, 1.165) is 6.08 Å². The average molecular weight is 205 g/mol. The van der Waals surface area contributed by atoms with Crippen LogP contribution in [-0.4, -0.2) is 24.0 Å². The molecule has 0 aliphatic carbocycles. The molecule has 15 heavy (non-hydrogen) atoms. The number of hydrogen-bond acceptors (Lipinski definition) is 2. The number of benzene rings is 1. The summed E-state index contributed by atoms with van der Waals surface area (Å²) in [7, 11) is 1.54. The Morgan fingerprint density at radius 3 is 2.73 bits per heavy atom. The van der Waals surface area contributed by atoms with E-state index in [9.17, 15) is 9.59 Å². The smallest absolute Gasteiger partial charge is 0.328 e. The minimum absolute atomic E-state index is 0.194. The molecule has 1 rings (SSSR count). The Hall–Kier alpha value is -2.10. The zero-order valence-corrected chi connectivity index (χ0v) is 8.23. The molecule has 0 radical (unpaired) electrons. The number of carboxylic acid groups (broad SMARTS) is 1. The molecule has 1 aromatic carbocycles. The standard InChI is InChI=1S/C11H11NO3/c1-12-11(15)9-4-2-3-8(7-9)5-6-10(13)14/h2-7H,1H3,(H,12,15)(H,13,14)/b6-5+. The molecule has 0 aliphatic rings. The van der Waals surface area contributed by atoms with E-state index in [2.05, 4.69) is 5.32 Å². The van der Waals surface area contributed by atoms with E-state index in [1.54, 1.807) is 31.3 Å². The van der Waals surface area contributed by atoms with Gasteiger partial charge < -0.3 is 10.4 Å². The van der Waals surface area contributed by atoms with E-state index < -0.39 is 5.97 Å². The highest BCUT2D eigenvalue weighted by molar-refractivity contribution is 5.94. The summed E-state index contributed by atoms with van der Waals surface area (Å²) in [5.74, 6) is -1.21. The summed E-state index contributed by atoms with van der Waals surface area (Å²) in [5.41, 5.74) is 1.18. The summed E-state index contributed by atoms with van der Waals surface area (Å²) < 4.78 is 0. The van der Waals surface area contributed by atoms with Gasteiger partial charge in [-0.15, -0.1) is 0 Å². The van der Waals surface area contributed by atoms with Crippen LogP contribution in [0.1, 0.15) is 15.9 Å². The molecule has 0 heterocycles. The van der Waals surface area contributed by atoms with E-state index >= 15 is 0 Å². The summed E-state index contributed by atoms with van der Waals surface area (Å²) >= 11 is 0. The van der Waals surface area contributed by atoms with Gasteiger partial charge >= 0.3 is 5.97 Å². The predicted molar refractivity (Wildman–Crippen MR) is 56.5 cm³/mol. The monoisotopic (exact) mass is 205 g/mol. The summed E-state index contributed by atoms with van der Waals surface area (Å²) in [6.07, 6.45) is 2.47. The van der Waals surface area contributed by atoms with Crippen LogP contribution >= 0.6 is 0 Å². The molecule has 2 N–H and O–H groups in total. The number of amides is 1. The van der Waals surface area contributed by atoms with Gasteiger partial charge in [0, 0.05) is 18.7 Å². The molecular weight excluding hydrogens is 194 g/mol. The Bertz CT molecular complexity index is 410. The molecule has 0 aromatic heterocycles. The number of carbonyl (C=O) groups is 2. The van der Waals surface area contributed by atoms with Crippen LogP contribution in [0.4, 0.5) is 0 Å². The third-order valence-corrected chi connectivity index (χ3v) is 1.79.